The van der Waals surface area contributed by atoms with Gasteiger partial charge in [0.25, 0.3) is 5.56 Å². The van der Waals surface area contributed by atoms with Crippen LogP contribution < -0.4 is 10.5 Å². The molecular weight excluding hydrogens is 314 g/mol. The van der Waals surface area contributed by atoms with E-state index in [4.69, 9.17) is 4.52 Å². The van der Waals surface area contributed by atoms with Crippen LogP contribution in [0.4, 0.5) is 5.69 Å². The Labute approximate surface area is 134 Å². The van der Waals surface area contributed by atoms with Crippen LogP contribution in [0, 0.1) is 6.92 Å². The fourth-order valence-electron chi connectivity index (χ4n) is 2.54. The van der Waals surface area contributed by atoms with Crippen LogP contribution >= 0.6 is 11.3 Å². The van der Waals surface area contributed by atoms with Crippen molar-refractivity contribution in [1.29, 1.82) is 0 Å². The Hall–Kier alpha value is -2.74. The van der Waals surface area contributed by atoms with E-state index >= 15 is 0 Å². The van der Waals surface area contributed by atoms with Crippen molar-refractivity contribution in [2.75, 3.05) is 19.0 Å². The molecular formula is C15H13N5O2S. The molecule has 0 bridgehead atoms. The first-order valence-corrected chi connectivity index (χ1v) is 7.78. The van der Waals surface area contributed by atoms with Crippen molar-refractivity contribution in [3.05, 3.63) is 40.8 Å². The first kappa shape index (κ1) is 13.9. The summed E-state index contributed by atoms with van der Waals surface area (Å²) in [6.45, 7) is 1.78. The topological polar surface area (TPSA) is 77.1 Å². The molecule has 0 radical (unpaired) electrons. The zero-order valence-electron chi connectivity index (χ0n) is 12.8. The number of aromatic nitrogens is 4. The first-order chi connectivity index (χ1) is 11.1. The number of hydrogen-bond donors (Lipinski definition) is 0. The molecule has 0 fully saturated rings. The van der Waals surface area contributed by atoms with Gasteiger partial charge < -0.3 is 9.42 Å². The third kappa shape index (κ3) is 2.02. The summed E-state index contributed by atoms with van der Waals surface area (Å²) < 4.78 is 6.99. The molecule has 4 rings (SSSR count). The molecule has 0 atom stereocenters. The lowest BCUT2D eigenvalue weighted by Crippen LogP contribution is -2.18. The highest BCUT2D eigenvalue weighted by molar-refractivity contribution is 7.25. The molecule has 8 heteroatoms. The van der Waals surface area contributed by atoms with Crippen molar-refractivity contribution in [2.45, 2.75) is 6.92 Å². The van der Waals surface area contributed by atoms with Gasteiger partial charge in [0.1, 0.15) is 27.1 Å². The monoisotopic (exact) mass is 327 g/mol. The summed E-state index contributed by atoms with van der Waals surface area (Å²) in [6, 6.07) is 3.62. The van der Waals surface area contributed by atoms with E-state index in [-0.39, 0.29) is 5.56 Å². The summed E-state index contributed by atoms with van der Waals surface area (Å²) in [6.07, 6.45) is 3.23. The van der Waals surface area contributed by atoms with Crippen molar-refractivity contribution in [3.8, 4) is 5.82 Å². The fourth-order valence-corrected chi connectivity index (χ4v) is 3.59. The lowest BCUT2D eigenvalue weighted by atomic mass is 10.2. The van der Waals surface area contributed by atoms with Crippen LogP contribution in [0.1, 0.15) is 5.76 Å². The summed E-state index contributed by atoms with van der Waals surface area (Å²) >= 11 is 1.34. The Kier molecular flexibility index (Phi) is 2.95. The van der Waals surface area contributed by atoms with Crippen LogP contribution in [-0.2, 0) is 0 Å². The first-order valence-electron chi connectivity index (χ1n) is 6.96. The third-order valence-electron chi connectivity index (χ3n) is 3.60. The minimum atomic E-state index is -0.170. The van der Waals surface area contributed by atoms with Gasteiger partial charge in [0, 0.05) is 26.4 Å². The predicted octanol–water partition coefficient (Wildman–Crippen LogP) is 2.36. The number of rotatable bonds is 2. The van der Waals surface area contributed by atoms with Gasteiger partial charge in [-0.2, -0.15) is 0 Å². The van der Waals surface area contributed by atoms with Gasteiger partial charge in [-0.25, -0.2) is 14.5 Å². The number of anilines is 1. The Morgan fingerprint density at radius 3 is 2.83 bits per heavy atom. The standard InChI is InChI=1S/C15H13N5O2S/c1-8-6-10(18-22-8)20-7-17-12-11-9(19(2)3)4-5-16-14(11)23-13(12)15(20)21/h4-7H,1-3H3. The van der Waals surface area contributed by atoms with Gasteiger partial charge in [-0.15, -0.1) is 11.3 Å². The van der Waals surface area contributed by atoms with Crippen molar-refractivity contribution >= 4 is 37.5 Å². The molecule has 0 amide bonds. The average molecular weight is 327 g/mol. The minimum absolute atomic E-state index is 0.170. The van der Waals surface area contributed by atoms with E-state index in [1.54, 1.807) is 19.2 Å². The van der Waals surface area contributed by atoms with Crippen molar-refractivity contribution < 1.29 is 4.52 Å². The van der Waals surface area contributed by atoms with E-state index < -0.39 is 0 Å². The SMILES string of the molecule is Cc1cc(-n2cnc3c(sc4nccc(N(C)C)c43)c2=O)no1. The van der Waals surface area contributed by atoms with Gasteiger partial charge in [-0.05, 0) is 13.0 Å². The van der Waals surface area contributed by atoms with Crippen LogP contribution in [0.5, 0.6) is 0 Å². The van der Waals surface area contributed by atoms with Crippen LogP contribution in [-0.4, -0.2) is 33.8 Å². The normalized spacial score (nSPS) is 11.4. The maximum Gasteiger partial charge on any atom is 0.277 e. The molecule has 0 aliphatic heterocycles. The van der Waals surface area contributed by atoms with Gasteiger partial charge in [-0.1, -0.05) is 5.16 Å². The number of nitrogens with zero attached hydrogens (tertiary/aromatic N) is 5. The second kappa shape index (κ2) is 4.88. The van der Waals surface area contributed by atoms with Crippen LogP contribution in [0.15, 0.2) is 34.0 Å². The highest BCUT2D eigenvalue weighted by Gasteiger charge is 2.17. The summed E-state index contributed by atoms with van der Waals surface area (Å²) in [5.41, 5.74) is 1.49. The molecule has 0 N–H and O–H groups in total. The van der Waals surface area contributed by atoms with E-state index in [0.717, 1.165) is 15.9 Å². The molecule has 4 aromatic heterocycles. The summed E-state index contributed by atoms with van der Waals surface area (Å²) in [4.78, 5) is 24.4. The minimum Gasteiger partial charge on any atom is -0.377 e. The average Bonchev–Trinajstić information content (AvgIpc) is 3.11. The highest BCUT2D eigenvalue weighted by Crippen LogP contribution is 2.35. The fraction of sp³-hybridized carbons (Fsp3) is 0.200. The quantitative estimate of drug-likeness (QED) is 0.562. The largest absolute Gasteiger partial charge is 0.377 e. The van der Waals surface area contributed by atoms with E-state index in [1.807, 2.05) is 25.1 Å². The Morgan fingerprint density at radius 2 is 2.13 bits per heavy atom. The van der Waals surface area contributed by atoms with Gasteiger partial charge in [-0.3, -0.25) is 4.79 Å². The van der Waals surface area contributed by atoms with Crippen molar-refractivity contribution in [3.63, 3.8) is 0 Å². The Bertz CT molecular complexity index is 1090. The van der Waals surface area contributed by atoms with Crippen molar-refractivity contribution in [2.24, 2.45) is 0 Å². The molecule has 0 aromatic carbocycles. The Morgan fingerprint density at radius 1 is 1.30 bits per heavy atom. The molecule has 4 aromatic rings. The number of fused-ring (bicyclic) bond motifs is 3. The number of aryl methyl sites for hydroxylation is 1. The lowest BCUT2D eigenvalue weighted by molar-refractivity contribution is 0.394. The molecule has 0 unspecified atom stereocenters. The summed E-state index contributed by atoms with van der Waals surface area (Å²) in [5, 5.41) is 4.78. The molecule has 7 nitrogen and oxygen atoms in total. The van der Waals surface area contributed by atoms with E-state index in [9.17, 15) is 4.79 Å². The number of hydrogen-bond acceptors (Lipinski definition) is 7. The second-order valence-electron chi connectivity index (χ2n) is 5.40. The maximum atomic E-state index is 12.8. The smallest absolute Gasteiger partial charge is 0.277 e. The molecule has 4 heterocycles. The molecule has 0 spiro atoms. The number of thiophene rings is 1. The zero-order valence-corrected chi connectivity index (χ0v) is 13.6. The summed E-state index contributed by atoms with van der Waals surface area (Å²) in [5.74, 6) is 1.07. The van der Waals surface area contributed by atoms with Crippen LogP contribution in [0.3, 0.4) is 0 Å². The predicted molar refractivity (Wildman–Crippen MR) is 89.6 cm³/mol. The molecule has 0 saturated heterocycles. The summed E-state index contributed by atoms with van der Waals surface area (Å²) in [7, 11) is 3.91. The molecule has 0 aliphatic carbocycles. The molecule has 0 saturated carbocycles. The van der Waals surface area contributed by atoms with Gasteiger partial charge >= 0.3 is 0 Å². The lowest BCUT2D eigenvalue weighted by Gasteiger charge is -2.13. The third-order valence-corrected chi connectivity index (χ3v) is 4.68. The molecule has 116 valence electrons. The van der Waals surface area contributed by atoms with Crippen LogP contribution in [0.25, 0.3) is 26.3 Å². The van der Waals surface area contributed by atoms with Crippen molar-refractivity contribution in [1.82, 2.24) is 19.7 Å². The Balaban J connectivity index is 2.08. The van der Waals surface area contributed by atoms with Gasteiger partial charge in [0.05, 0.1) is 11.1 Å². The molecule has 23 heavy (non-hydrogen) atoms. The zero-order chi connectivity index (χ0) is 16.1. The van der Waals surface area contributed by atoms with Crippen LogP contribution in [0.2, 0.25) is 0 Å². The highest BCUT2D eigenvalue weighted by atomic mass is 32.1. The van der Waals surface area contributed by atoms with Gasteiger partial charge in [0.15, 0.2) is 5.82 Å². The second-order valence-corrected chi connectivity index (χ2v) is 6.40. The van der Waals surface area contributed by atoms with E-state index in [1.165, 1.54) is 22.2 Å². The molecule has 0 aliphatic rings. The van der Waals surface area contributed by atoms with Gasteiger partial charge in [0.2, 0.25) is 0 Å². The number of pyridine rings is 1. The van der Waals surface area contributed by atoms with E-state index in [0.29, 0.717) is 21.8 Å². The maximum absolute atomic E-state index is 12.8. The van der Waals surface area contributed by atoms with E-state index in [2.05, 4.69) is 15.1 Å².